The first-order valence-electron chi connectivity index (χ1n) is 4.37. The second kappa shape index (κ2) is 5.34. The Balaban J connectivity index is 3.68. The van der Waals surface area contributed by atoms with Crippen molar-refractivity contribution >= 4 is 0 Å². The van der Waals surface area contributed by atoms with E-state index in [2.05, 4.69) is 6.92 Å². The molecule has 1 atom stereocenters. The lowest BCUT2D eigenvalue weighted by Gasteiger charge is -2.08. The van der Waals surface area contributed by atoms with Crippen LogP contribution in [0.2, 0.25) is 0 Å². The van der Waals surface area contributed by atoms with Gasteiger partial charge in [0, 0.05) is 0 Å². The Morgan fingerprint density at radius 2 is 2.00 bits per heavy atom. The molecule has 0 saturated heterocycles. The van der Waals surface area contributed by atoms with Crippen LogP contribution in [0.1, 0.15) is 40.5 Å². The molecule has 0 bridgehead atoms. The second-order valence-corrected chi connectivity index (χ2v) is 3.40. The van der Waals surface area contributed by atoms with E-state index in [9.17, 15) is 4.39 Å². The quantitative estimate of drug-likeness (QED) is 0.547. The van der Waals surface area contributed by atoms with E-state index < -0.39 is 6.17 Å². The first-order chi connectivity index (χ1) is 5.07. The summed E-state index contributed by atoms with van der Waals surface area (Å²) in [6.45, 7) is 7.97. The van der Waals surface area contributed by atoms with Gasteiger partial charge >= 0.3 is 0 Å². The number of allylic oxidation sites excluding steroid dienone is 2. The molecule has 0 aliphatic heterocycles. The summed E-state index contributed by atoms with van der Waals surface area (Å²) in [6, 6.07) is 0. The number of rotatable bonds is 4. The van der Waals surface area contributed by atoms with E-state index in [0.717, 1.165) is 6.42 Å². The largest absolute Gasteiger partial charge is 0.247 e. The van der Waals surface area contributed by atoms with Crippen molar-refractivity contribution in [2.45, 2.75) is 46.7 Å². The van der Waals surface area contributed by atoms with E-state index in [1.54, 1.807) is 0 Å². The second-order valence-electron chi connectivity index (χ2n) is 3.40. The number of halogens is 1. The molecule has 11 heavy (non-hydrogen) atoms. The van der Waals surface area contributed by atoms with Gasteiger partial charge in [-0.1, -0.05) is 32.4 Å². The van der Waals surface area contributed by atoms with Gasteiger partial charge in [0.2, 0.25) is 0 Å². The van der Waals surface area contributed by atoms with E-state index >= 15 is 0 Å². The molecule has 0 rings (SSSR count). The summed E-state index contributed by atoms with van der Waals surface area (Å²) in [5.41, 5.74) is 1.29. The van der Waals surface area contributed by atoms with Crippen LogP contribution in [0.4, 0.5) is 4.39 Å². The lowest BCUT2D eigenvalue weighted by molar-refractivity contribution is 0.258. The highest BCUT2D eigenvalue weighted by Crippen LogP contribution is 2.12. The fraction of sp³-hybridized carbons (Fsp3) is 0.800. The van der Waals surface area contributed by atoms with E-state index in [4.69, 9.17) is 0 Å². The molecule has 0 aromatic carbocycles. The minimum Gasteiger partial charge on any atom is -0.247 e. The van der Waals surface area contributed by atoms with Crippen molar-refractivity contribution in [3.8, 4) is 0 Å². The van der Waals surface area contributed by atoms with Gasteiger partial charge in [0.1, 0.15) is 6.17 Å². The van der Waals surface area contributed by atoms with Gasteiger partial charge in [0.05, 0.1) is 0 Å². The Morgan fingerprint density at radius 1 is 1.45 bits per heavy atom. The highest BCUT2D eigenvalue weighted by Gasteiger charge is 2.08. The molecule has 0 heterocycles. The van der Waals surface area contributed by atoms with Gasteiger partial charge in [-0.3, -0.25) is 0 Å². The first-order valence-corrected chi connectivity index (χ1v) is 4.37. The Labute approximate surface area is 69.5 Å². The minimum atomic E-state index is -0.670. The van der Waals surface area contributed by atoms with E-state index in [-0.39, 0.29) is 5.92 Å². The molecule has 0 fully saturated rings. The standard InChI is InChI=1S/C10H19F/c1-5-9(4)6-7-10(11)8(2)3/h6,8,10H,5,7H2,1-4H3/b9-6+/t10-/m0/s1. The molecular weight excluding hydrogens is 139 g/mol. The third-order valence-electron chi connectivity index (χ3n) is 1.97. The topological polar surface area (TPSA) is 0 Å². The van der Waals surface area contributed by atoms with Crippen LogP contribution in [0.25, 0.3) is 0 Å². The van der Waals surface area contributed by atoms with E-state index in [1.807, 2.05) is 26.8 Å². The molecule has 0 aromatic rings. The molecule has 66 valence electrons. The summed E-state index contributed by atoms with van der Waals surface area (Å²) in [4.78, 5) is 0. The van der Waals surface area contributed by atoms with Crippen molar-refractivity contribution in [1.29, 1.82) is 0 Å². The van der Waals surface area contributed by atoms with Crippen molar-refractivity contribution in [1.82, 2.24) is 0 Å². The number of hydrogen-bond acceptors (Lipinski definition) is 0. The van der Waals surface area contributed by atoms with Crippen molar-refractivity contribution in [2.24, 2.45) is 5.92 Å². The van der Waals surface area contributed by atoms with Crippen LogP contribution >= 0.6 is 0 Å². The highest BCUT2D eigenvalue weighted by atomic mass is 19.1. The predicted octanol–water partition coefficient (Wildman–Crippen LogP) is 3.73. The average molecular weight is 158 g/mol. The molecular formula is C10H19F. The van der Waals surface area contributed by atoms with Crippen LogP contribution in [0.3, 0.4) is 0 Å². The maximum absolute atomic E-state index is 13.0. The fourth-order valence-corrected chi connectivity index (χ4v) is 0.730. The fourth-order valence-electron chi connectivity index (χ4n) is 0.730. The van der Waals surface area contributed by atoms with Gasteiger partial charge in [-0.2, -0.15) is 0 Å². The van der Waals surface area contributed by atoms with Crippen LogP contribution < -0.4 is 0 Å². The highest BCUT2D eigenvalue weighted by molar-refractivity contribution is 4.97. The van der Waals surface area contributed by atoms with E-state index in [0.29, 0.717) is 6.42 Å². The minimum absolute atomic E-state index is 0.149. The summed E-state index contributed by atoms with van der Waals surface area (Å²) in [6.07, 6.45) is 2.95. The Bertz CT molecular complexity index is 125. The third-order valence-corrected chi connectivity index (χ3v) is 1.97. The van der Waals surface area contributed by atoms with Gasteiger partial charge < -0.3 is 0 Å². The van der Waals surface area contributed by atoms with Crippen LogP contribution in [0.5, 0.6) is 0 Å². The smallest absolute Gasteiger partial charge is 0.106 e. The van der Waals surface area contributed by atoms with Crippen molar-refractivity contribution in [2.75, 3.05) is 0 Å². The Hall–Kier alpha value is -0.330. The normalized spacial score (nSPS) is 15.6. The van der Waals surface area contributed by atoms with Crippen molar-refractivity contribution in [3.63, 3.8) is 0 Å². The maximum atomic E-state index is 13.0. The summed E-state index contributed by atoms with van der Waals surface area (Å²) < 4.78 is 13.0. The van der Waals surface area contributed by atoms with Crippen LogP contribution in [-0.2, 0) is 0 Å². The van der Waals surface area contributed by atoms with E-state index in [1.165, 1.54) is 5.57 Å². The molecule has 1 heteroatoms. The first kappa shape index (κ1) is 10.7. The lowest BCUT2D eigenvalue weighted by atomic mass is 10.0. The Kier molecular flexibility index (Phi) is 5.18. The molecule has 0 amide bonds. The SMILES string of the molecule is CC/C(C)=C/C[C@H](F)C(C)C. The third kappa shape index (κ3) is 5.00. The molecule has 0 aromatic heterocycles. The van der Waals surface area contributed by atoms with Gasteiger partial charge in [-0.05, 0) is 25.7 Å². The molecule has 0 spiro atoms. The van der Waals surface area contributed by atoms with Gasteiger partial charge in [0.25, 0.3) is 0 Å². The van der Waals surface area contributed by atoms with Crippen molar-refractivity contribution in [3.05, 3.63) is 11.6 Å². The van der Waals surface area contributed by atoms with Crippen LogP contribution in [0, 0.1) is 5.92 Å². The average Bonchev–Trinajstić information content (AvgIpc) is 1.99. The summed E-state index contributed by atoms with van der Waals surface area (Å²) in [5, 5.41) is 0. The van der Waals surface area contributed by atoms with Crippen molar-refractivity contribution < 1.29 is 4.39 Å². The zero-order valence-electron chi connectivity index (χ0n) is 8.02. The molecule has 0 aliphatic rings. The summed E-state index contributed by atoms with van der Waals surface area (Å²) >= 11 is 0. The molecule has 0 N–H and O–H groups in total. The molecule has 0 saturated carbocycles. The lowest BCUT2D eigenvalue weighted by Crippen LogP contribution is -2.07. The molecule has 0 unspecified atom stereocenters. The number of alkyl halides is 1. The summed E-state index contributed by atoms with van der Waals surface area (Å²) in [5.74, 6) is 0.149. The van der Waals surface area contributed by atoms with Crippen LogP contribution in [0.15, 0.2) is 11.6 Å². The zero-order chi connectivity index (χ0) is 8.85. The predicted molar refractivity (Wildman–Crippen MR) is 48.4 cm³/mol. The Morgan fingerprint density at radius 3 is 2.36 bits per heavy atom. The number of hydrogen-bond donors (Lipinski definition) is 0. The van der Waals surface area contributed by atoms with Gasteiger partial charge in [-0.15, -0.1) is 0 Å². The van der Waals surface area contributed by atoms with Crippen LogP contribution in [-0.4, -0.2) is 6.17 Å². The maximum Gasteiger partial charge on any atom is 0.106 e. The summed E-state index contributed by atoms with van der Waals surface area (Å²) in [7, 11) is 0. The van der Waals surface area contributed by atoms with Gasteiger partial charge in [0.15, 0.2) is 0 Å². The molecule has 0 nitrogen and oxygen atoms in total. The zero-order valence-corrected chi connectivity index (χ0v) is 8.02. The molecule has 0 aliphatic carbocycles. The molecule has 0 radical (unpaired) electrons. The van der Waals surface area contributed by atoms with Gasteiger partial charge in [-0.25, -0.2) is 4.39 Å². The monoisotopic (exact) mass is 158 g/mol.